The second-order valence-electron chi connectivity index (χ2n) is 7.23. The number of nitrogens with zero attached hydrogens (tertiary/aromatic N) is 1. The molecule has 2 rings (SSSR count). The average Bonchev–Trinajstić information content (AvgIpc) is 2.98. The van der Waals surface area contributed by atoms with Crippen molar-refractivity contribution in [2.45, 2.75) is 44.5 Å². The molecule has 0 saturated carbocycles. The van der Waals surface area contributed by atoms with Crippen molar-refractivity contribution in [2.24, 2.45) is 0 Å². The van der Waals surface area contributed by atoms with Crippen LogP contribution in [-0.4, -0.2) is 55.3 Å². The fourth-order valence-electron chi connectivity index (χ4n) is 3.21. The van der Waals surface area contributed by atoms with E-state index >= 15 is 0 Å². The zero-order valence-electron chi connectivity index (χ0n) is 16.1. The van der Waals surface area contributed by atoms with E-state index in [0.717, 1.165) is 0 Å². The zero-order chi connectivity index (χ0) is 20.6. The van der Waals surface area contributed by atoms with Crippen LogP contribution in [0, 0.1) is 0 Å². The van der Waals surface area contributed by atoms with Crippen LogP contribution in [0.3, 0.4) is 0 Å². The van der Waals surface area contributed by atoms with Crippen LogP contribution in [-0.2, 0) is 26.0 Å². The second kappa shape index (κ2) is 7.57. The van der Waals surface area contributed by atoms with Gasteiger partial charge in [0.25, 0.3) is 0 Å². The molecule has 9 heteroatoms. The topological polar surface area (TPSA) is 110 Å². The van der Waals surface area contributed by atoms with Gasteiger partial charge in [0, 0.05) is 13.2 Å². The van der Waals surface area contributed by atoms with Crippen LogP contribution in [0.4, 0.5) is 0 Å². The lowest BCUT2D eigenvalue weighted by Gasteiger charge is -2.31. The molecule has 0 amide bonds. The number of rotatable bonds is 5. The Morgan fingerprint density at radius 3 is 2.26 bits per heavy atom. The number of carbonyl (C=O) groups is 2. The van der Waals surface area contributed by atoms with E-state index in [1.807, 2.05) is 0 Å². The lowest BCUT2D eigenvalue weighted by atomic mass is 9.94. The largest absolute Gasteiger partial charge is 0.465 e. The molecule has 1 N–H and O–H groups in total. The van der Waals surface area contributed by atoms with Crippen LogP contribution in [0.5, 0.6) is 0 Å². The maximum atomic E-state index is 13.1. The molecule has 0 aliphatic carbocycles. The quantitative estimate of drug-likeness (QED) is 0.749. The molecule has 0 saturated heterocycles. The number of sulfonamides is 1. The third-order valence-corrected chi connectivity index (χ3v) is 7.20. The molecule has 0 spiro atoms. The summed E-state index contributed by atoms with van der Waals surface area (Å²) in [5.41, 5.74) is 0.984. The molecule has 1 heterocycles. The molecular weight excluding hydrogens is 374 g/mol. The van der Waals surface area contributed by atoms with Gasteiger partial charge >= 0.3 is 11.9 Å². The molecule has 0 radical (unpaired) electrons. The molecule has 0 bridgehead atoms. The lowest BCUT2D eigenvalue weighted by molar-refractivity contribution is 0.0554. The van der Waals surface area contributed by atoms with Crippen molar-refractivity contribution in [3.63, 3.8) is 0 Å². The molecule has 0 aromatic heterocycles. The third-order valence-electron chi connectivity index (χ3n) is 4.65. The Hall–Kier alpha value is -1.97. The number of ether oxygens (including phenoxy) is 2. The van der Waals surface area contributed by atoms with E-state index in [1.54, 1.807) is 26.8 Å². The minimum Gasteiger partial charge on any atom is -0.465 e. The molecular formula is C18H25NO7S. The molecule has 1 aliphatic rings. The van der Waals surface area contributed by atoms with E-state index in [1.165, 1.54) is 24.6 Å². The van der Waals surface area contributed by atoms with Gasteiger partial charge in [-0.25, -0.2) is 18.0 Å². The summed E-state index contributed by atoms with van der Waals surface area (Å²) in [6, 6.07) is 2.39. The van der Waals surface area contributed by atoms with Gasteiger partial charge in [-0.2, -0.15) is 4.31 Å². The lowest BCUT2D eigenvalue weighted by Crippen LogP contribution is -2.42. The Labute approximate surface area is 159 Å². The molecule has 1 aliphatic heterocycles. The summed E-state index contributed by atoms with van der Waals surface area (Å²) < 4.78 is 35.9. The van der Waals surface area contributed by atoms with Crippen molar-refractivity contribution < 1.29 is 32.6 Å². The van der Waals surface area contributed by atoms with Crippen molar-refractivity contribution >= 4 is 22.0 Å². The number of carbonyl (C=O) groups excluding carboxylic acids is 2. The predicted octanol–water partition coefficient (Wildman–Crippen LogP) is 1.63. The standard InChI is InChI=1S/C18H25NO7S/c1-18(2,3)27(23,24)19-10-13-11(14(19)8-9-20)6-7-12(16(21)25-4)15(13)17(22)26-5/h6-7,14,20H,8-10H2,1-5H3/t14-/m0/s1. The number of aliphatic hydroxyl groups excluding tert-OH is 1. The number of methoxy groups -OCH3 is 2. The summed E-state index contributed by atoms with van der Waals surface area (Å²) in [5, 5.41) is 9.46. The first-order chi connectivity index (χ1) is 12.5. The minimum absolute atomic E-state index is 0.00333. The first-order valence-electron chi connectivity index (χ1n) is 8.45. The van der Waals surface area contributed by atoms with Gasteiger partial charge in [0.1, 0.15) is 0 Å². The Morgan fingerprint density at radius 2 is 1.78 bits per heavy atom. The van der Waals surface area contributed by atoms with Crippen molar-refractivity contribution in [3.8, 4) is 0 Å². The van der Waals surface area contributed by atoms with Gasteiger partial charge in [0.05, 0.1) is 36.1 Å². The monoisotopic (exact) mass is 399 g/mol. The Morgan fingerprint density at radius 1 is 1.19 bits per heavy atom. The van der Waals surface area contributed by atoms with Crippen LogP contribution in [0.2, 0.25) is 0 Å². The summed E-state index contributed by atoms with van der Waals surface area (Å²) in [6.45, 7) is 4.44. The molecule has 0 unspecified atom stereocenters. The summed E-state index contributed by atoms with van der Waals surface area (Å²) >= 11 is 0. The normalized spacial score (nSPS) is 17.5. The van der Waals surface area contributed by atoms with Gasteiger partial charge in [-0.1, -0.05) is 6.07 Å². The Bertz CT molecular complexity index is 855. The van der Waals surface area contributed by atoms with Crippen LogP contribution in [0.15, 0.2) is 12.1 Å². The number of fused-ring (bicyclic) bond motifs is 1. The van der Waals surface area contributed by atoms with E-state index < -0.39 is 32.8 Å². The molecule has 150 valence electrons. The second-order valence-corrected chi connectivity index (χ2v) is 9.87. The number of aliphatic hydroxyl groups is 1. The number of esters is 2. The van der Waals surface area contributed by atoms with Crippen molar-refractivity contribution in [1.82, 2.24) is 4.31 Å². The van der Waals surface area contributed by atoms with E-state index in [4.69, 9.17) is 9.47 Å². The van der Waals surface area contributed by atoms with Crippen molar-refractivity contribution in [1.29, 1.82) is 0 Å². The highest BCUT2D eigenvalue weighted by Gasteiger charge is 2.45. The highest BCUT2D eigenvalue weighted by molar-refractivity contribution is 7.90. The van der Waals surface area contributed by atoms with Crippen molar-refractivity contribution in [2.75, 3.05) is 20.8 Å². The van der Waals surface area contributed by atoms with E-state index in [0.29, 0.717) is 11.1 Å². The number of hydrogen-bond acceptors (Lipinski definition) is 7. The molecule has 1 aromatic carbocycles. The summed E-state index contributed by atoms with van der Waals surface area (Å²) in [5.74, 6) is -1.46. The maximum Gasteiger partial charge on any atom is 0.339 e. The molecule has 0 fully saturated rings. The third kappa shape index (κ3) is 3.59. The van der Waals surface area contributed by atoms with Gasteiger partial charge in [-0.05, 0) is 44.4 Å². The van der Waals surface area contributed by atoms with Crippen molar-refractivity contribution in [3.05, 3.63) is 34.4 Å². The summed E-state index contributed by atoms with van der Waals surface area (Å²) in [7, 11) is -1.37. The summed E-state index contributed by atoms with van der Waals surface area (Å²) in [4.78, 5) is 24.5. The van der Waals surface area contributed by atoms with Crippen LogP contribution in [0.1, 0.15) is 65.1 Å². The zero-order valence-corrected chi connectivity index (χ0v) is 16.9. The Balaban J connectivity index is 2.72. The fraction of sp³-hybridized carbons (Fsp3) is 0.556. The maximum absolute atomic E-state index is 13.1. The van der Waals surface area contributed by atoms with Gasteiger partial charge < -0.3 is 14.6 Å². The van der Waals surface area contributed by atoms with Gasteiger partial charge in [-0.15, -0.1) is 0 Å². The molecule has 1 atom stereocenters. The first kappa shape index (κ1) is 21.3. The predicted molar refractivity (Wildman–Crippen MR) is 97.8 cm³/mol. The molecule has 8 nitrogen and oxygen atoms in total. The van der Waals surface area contributed by atoms with Gasteiger partial charge in [0.2, 0.25) is 10.0 Å². The smallest absolute Gasteiger partial charge is 0.339 e. The van der Waals surface area contributed by atoms with E-state index in [-0.39, 0.29) is 30.7 Å². The van der Waals surface area contributed by atoms with Crippen LogP contribution in [0.25, 0.3) is 0 Å². The molecule has 1 aromatic rings. The van der Waals surface area contributed by atoms with E-state index in [2.05, 4.69) is 0 Å². The van der Waals surface area contributed by atoms with Gasteiger partial charge in [-0.3, -0.25) is 0 Å². The number of hydrogen-bond donors (Lipinski definition) is 1. The summed E-state index contributed by atoms with van der Waals surface area (Å²) in [6.07, 6.45) is 0.167. The fourth-order valence-corrected chi connectivity index (χ4v) is 4.77. The molecule has 27 heavy (non-hydrogen) atoms. The minimum atomic E-state index is -3.75. The Kier molecular flexibility index (Phi) is 5.98. The number of benzene rings is 1. The average molecular weight is 399 g/mol. The van der Waals surface area contributed by atoms with Gasteiger partial charge in [0.15, 0.2) is 0 Å². The first-order valence-corrected chi connectivity index (χ1v) is 9.89. The highest BCUT2D eigenvalue weighted by atomic mass is 32.2. The van der Waals surface area contributed by atoms with Crippen LogP contribution >= 0.6 is 0 Å². The highest BCUT2D eigenvalue weighted by Crippen LogP contribution is 2.43. The van der Waals surface area contributed by atoms with E-state index in [9.17, 15) is 23.1 Å². The van der Waals surface area contributed by atoms with Crippen LogP contribution < -0.4 is 0 Å². The SMILES string of the molecule is COC(=O)c1ccc2c(c1C(=O)OC)CN(S(=O)(=O)C(C)(C)C)[C@H]2CCO.